The maximum absolute atomic E-state index is 11.8. The second kappa shape index (κ2) is 10.2. The number of amides is 1. The molecule has 6 heteroatoms. The van der Waals surface area contributed by atoms with E-state index in [1.807, 2.05) is 25.1 Å². The molecule has 0 aliphatic carbocycles. The van der Waals surface area contributed by atoms with E-state index in [1.54, 1.807) is 7.11 Å². The van der Waals surface area contributed by atoms with Crippen LogP contribution in [0.2, 0.25) is 0 Å². The Labute approximate surface area is 135 Å². The van der Waals surface area contributed by atoms with Gasteiger partial charge in [0.05, 0.1) is 12.5 Å². The van der Waals surface area contributed by atoms with Gasteiger partial charge in [-0.3, -0.25) is 4.79 Å². The summed E-state index contributed by atoms with van der Waals surface area (Å²) in [5, 5.41) is 2.96. The van der Waals surface area contributed by atoms with Crippen LogP contribution in [0.4, 0.5) is 0 Å². The van der Waals surface area contributed by atoms with Crippen LogP contribution in [-0.4, -0.2) is 31.7 Å². The molecule has 4 nitrogen and oxygen atoms in total. The number of halogens is 2. The van der Waals surface area contributed by atoms with Gasteiger partial charge in [-0.05, 0) is 31.0 Å². The molecule has 1 rings (SSSR count). The summed E-state index contributed by atoms with van der Waals surface area (Å²) in [7, 11) is 1.57. The SMILES string of the molecule is COC(CN)CC(=O)NC(C)Cc1cccc(Br)c1.Cl. The van der Waals surface area contributed by atoms with Crippen molar-refractivity contribution in [1.82, 2.24) is 5.32 Å². The van der Waals surface area contributed by atoms with Gasteiger partial charge in [0, 0.05) is 24.2 Å². The molecule has 0 spiro atoms. The van der Waals surface area contributed by atoms with Crippen LogP contribution in [0.15, 0.2) is 28.7 Å². The van der Waals surface area contributed by atoms with E-state index in [-0.39, 0.29) is 30.5 Å². The van der Waals surface area contributed by atoms with Crippen LogP contribution in [0.3, 0.4) is 0 Å². The summed E-state index contributed by atoms with van der Waals surface area (Å²) in [5.41, 5.74) is 6.68. The molecule has 3 N–H and O–H groups in total. The van der Waals surface area contributed by atoms with Gasteiger partial charge >= 0.3 is 0 Å². The quantitative estimate of drug-likeness (QED) is 0.779. The maximum Gasteiger partial charge on any atom is 0.222 e. The average molecular weight is 366 g/mol. The first-order valence-electron chi connectivity index (χ1n) is 6.31. The van der Waals surface area contributed by atoms with Crippen molar-refractivity contribution in [3.8, 4) is 0 Å². The average Bonchev–Trinajstić information content (AvgIpc) is 2.35. The number of benzene rings is 1. The standard InChI is InChI=1S/C14H21BrN2O2.ClH/c1-10(6-11-4-3-5-12(15)7-11)17-14(18)8-13(9-16)19-2;/h3-5,7,10,13H,6,8-9,16H2,1-2H3,(H,17,18);1H. The van der Waals surface area contributed by atoms with E-state index in [1.165, 1.54) is 5.56 Å². The third-order valence-electron chi connectivity index (χ3n) is 2.85. The molecule has 0 saturated carbocycles. The minimum Gasteiger partial charge on any atom is -0.380 e. The minimum atomic E-state index is -0.210. The highest BCUT2D eigenvalue weighted by Gasteiger charge is 2.13. The van der Waals surface area contributed by atoms with Gasteiger partial charge in [0.2, 0.25) is 5.91 Å². The van der Waals surface area contributed by atoms with Crippen LogP contribution in [0.25, 0.3) is 0 Å². The third-order valence-corrected chi connectivity index (χ3v) is 3.34. The lowest BCUT2D eigenvalue weighted by Crippen LogP contribution is -2.37. The summed E-state index contributed by atoms with van der Waals surface area (Å²) in [5.74, 6) is -0.0280. The molecule has 20 heavy (non-hydrogen) atoms. The topological polar surface area (TPSA) is 64.3 Å². The predicted molar refractivity (Wildman–Crippen MR) is 87.2 cm³/mol. The highest BCUT2D eigenvalue weighted by atomic mass is 79.9. The second-order valence-electron chi connectivity index (χ2n) is 4.60. The summed E-state index contributed by atoms with van der Waals surface area (Å²) in [6, 6.07) is 8.16. The van der Waals surface area contributed by atoms with Gasteiger partial charge in [0.25, 0.3) is 0 Å². The number of carbonyl (C=O) groups excluding carboxylic acids is 1. The molecule has 0 saturated heterocycles. The molecule has 0 radical (unpaired) electrons. The van der Waals surface area contributed by atoms with Crippen molar-refractivity contribution in [3.63, 3.8) is 0 Å². The number of carbonyl (C=O) groups is 1. The monoisotopic (exact) mass is 364 g/mol. The lowest BCUT2D eigenvalue weighted by Gasteiger charge is -2.17. The van der Waals surface area contributed by atoms with Gasteiger partial charge in [-0.25, -0.2) is 0 Å². The van der Waals surface area contributed by atoms with Crippen LogP contribution in [-0.2, 0) is 16.0 Å². The highest BCUT2D eigenvalue weighted by molar-refractivity contribution is 9.10. The van der Waals surface area contributed by atoms with Gasteiger partial charge < -0.3 is 15.8 Å². The Balaban J connectivity index is 0.00000361. The van der Waals surface area contributed by atoms with E-state index in [0.717, 1.165) is 10.9 Å². The summed E-state index contributed by atoms with van der Waals surface area (Å²) in [6.07, 6.45) is 0.888. The van der Waals surface area contributed by atoms with E-state index in [0.29, 0.717) is 13.0 Å². The molecule has 0 fully saturated rings. The fraction of sp³-hybridized carbons (Fsp3) is 0.500. The van der Waals surface area contributed by atoms with Gasteiger partial charge in [0.1, 0.15) is 0 Å². The Morgan fingerprint density at radius 1 is 1.50 bits per heavy atom. The summed E-state index contributed by atoms with van der Waals surface area (Å²) in [6.45, 7) is 2.34. The minimum absolute atomic E-state index is 0. The molecule has 1 aromatic carbocycles. The zero-order valence-corrected chi connectivity index (χ0v) is 14.2. The van der Waals surface area contributed by atoms with E-state index in [9.17, 15) is 4.79 Å². The zero-order chi connectivity index (χ0) is 14.3. The molecular formula is C14H22BrClN2O2. The van der Waals surface area contributed by atoms with Gasteiger partial charge in [-0.15, -0.1) is 12.4 Å². The number of methoxy groups -OCH3 is 1. The van der Waals surface area contributed by atoms with E-state index in [2.05, 4.69) is 27.3 Å². The Bertz CT molecular complexity index is 414. The van der Waals surface area contributed by atoms with Crippen LogP contribution in [0, 0.1) is 0 Å². The number of hydrogen-bond donors (Lipinski definition) is 2. The van der Waals surface area contributed by atoms with E-state index in [4.69, 9.17) is 10.5 Å². The van der Waals surface area contributed by atoms with Crippen molar-refractivity contribution in [2.24, 2.45) is 5.73 Å². The second-order valence-corrected chi connectivity index (χ2v) is 5.52. The lowest BCUT2D eigenvalue weighted by molar-refractivity contribution is -0.123. The van der Waals surface area contributed by atoms with E-state index >= 15 is 0 Å². The zero-order valence-electron chi connectivity index (χ0n) is 11.8. The first kappa shape index (κ1) is 19.4. The van der Waals surface area contributed by atoms with Crippen molar-refractivity contribution in [1.29, 1.82) is 0 Å². The van der Waals surface area contributed by atoms with Gasteiger partial charge in [-0.1, -0.05) is 28.1 Å². The maximum atomic E-state index is 11.8. The third kappa shape index (κ3) is 7.24. The summed E-state index contributed by atoms with van der Waals surface area (Å²) >= 11 is 3.44. The van der Waals surface area contributed by atoms with Crippen LogP contribution >= 0.6 is 28.3 Å². The molecule has 2 atom stereocenters. The predicted octanol–water partition coefficient (Wildman–Crippen LogP) is 2.28. The Hall–Kier alpha value is -0.620. The van der Waals surface area contributed by atoms with Crippen molar-refractivity contribution in [2.75, 3.05) is 13.7 Å². The van der Waals surface area contributed by atoms with Gasteiger partial charge in [-0.2, -0.15) is 0 Å². The smallest absolute Gasteiger partial charge is 0.222 e. The van der Waals surface area contributed by atoms with Crippen molar-refractivity contribution in [3.05, 3.63) is 34.3 Å². The Morgan fingerprint density at radius 3 is 2.75 bits per heavy atom. The number of ether oxygens (including phenoxy) is 1. The van der Waals surface area contributed by atoms with Crippen molar-refractivity contribution in [2.45, 2.75) is 31.9 Å². The number of nitrogens with two attached hydrogens (primary N) is 1. The summed E-state index contributed by atoms with van der Waals surface area (Å²) in [4.78, 5) is 11.8. The first-order chi connectivity index (χ1) is 9.05. The van der Waals surface area contributed by atoms with E-state index < -0.39 is 0 Å². The first-order valence-corrected chi connectivity index (χ1v) is 7.11. The largest absolute Gasteiger partial charge is 0.380 e. The molecule has 0 aliphatic rings. The van der Waals surface area contributed by atoms with Crippen LogP contribution in [0.5, 0.6) is 0 Å². The molecule has 0 aliphatic heterocycles. The van der Waals surface area contributed by atoms with Gasteiger partial charge in [0.15, 0.2) is 0 Å². The molecule has 0 heterocycles. The van der Waals surface area contributed by atoms with Crippen LogP contribution < -0.4 is 11.1 Å². The van der Waals surface area contributed by atoms with Crippen LogP contribution in [0.1, 0.15) is 18.9 Å². The molecule has 114 valence electrons. The number of nitrogens with one attached hydrogen (secondary N) is 1. The lowest BCUT2D eigenvalue weighted by atomic mass is 10.1. The number of hydrogen-bond acceptors (Lipinski definition) is 3. The van der Waals surface area contributed by atoms with Crippen molar-refractivity contribution < 1.29 is 9.53 Å². The Kier molecular flexibility index (Phi) is 9.84. The normalized spacial score (nSPS) is 13.2. The molecule has 0 bridgehead atoms. The molecule has 2 unspecified atom stereocenters. The molecule has 0 aromatic heterocycles. The Morgan fingerprint density at radius 2 is 2.20 bits per heavy atom. The molecule has 1 aromatic rings. The number of rotatable bonds is 7. The highest BCUT2D eigenvalue weighted by Crippen LogP contribution is 2.13. The fourth-order valence-electron chi connectivity index (χ4n) is 1.87. The van der Waals surface area contributed by atoms with Crippen molar-refractivity contribution >= 4 is 34.2 Å². The fourth-order valence-corrected chi connectivity index (χ4v) is 2.32. The molecular weight excluding hydrogens is 344 g/mol. The molecule has 1 amide bonds. The summed E-state index contributed by atoms with van der Waals surface area (Å²) < 4.78 is 6.14.